The third kappa shape index (κ3) is 4.85. The van der Waals surface area contributed by atoms with Crippen molar-refractivity contribution >= 4 is 5.91 Å². The summed E-state index contributed by atoms with van der Waals surface area (Å²) in [5.41, 5.74) is 1.16. The monoisotopic (exact) mass is 288 g/mol. The van der Waals surface area contributed by atoms with Gasteiger partial charge in [0, 0.05) is 0 Å². The predicted molar refractivity (Wildman–Crippen MR) is 87.1 cm³/mol. The van der Waals surface area contributed by atoms with E-state index < -0.39 is 0 Å². The van der Waals surface area contributed by atoms with Crippen LogP contribution in [0.25, 0.3) is 0 Å². The Morgan fingerprint density at radius 1 is 1.00 bits per heavy atom. The third-order valence-electron chi connectivity index (χ3n) is 4.48. The summed E-state index contributed by atoms with van der Waals surface area (Å²) in [6.07, 6.45) is 6.37. The number of hydrogen-bond donors (Lipinski definition) is 1. The van der Waals surface area contributed by atoms with Gasteiger partial charge in [-0.3, -0.25) is 9.69 Å². The molecule has 1 amide bonds. The number of rotatable bonds is 4. The zero-order valence-electron chi connectivity index (χ0n) is 13.3. The minimum Gasteiger partial charge on any atom is -0.348 e. The maximum atomic E-state index is 12.5. The first kappa shape index (κ1) is 16.0. The molecule has 0 spiro atoms. The van der Waals surface area contributed by atoms with E-state index in [1.54, 1.807) is 0 Å². The average molecular weight is 288 g/mol. The predicted octanol–water partition coefficient (Wildman–Crippen LogP) is 3.52. The highest BCUT2D eigenvalue weighted by Gasteiger charge is 2.22. The Morgan fingerprint density at radius 2 is 1.57 bits per heavy atom. The van der Waals surface area contributed by atoms with Gasteiger partial charge in [-0.15, -0.1) is 0 Å². The van der Waals surface area contributed by atoms with Crippen LogP contribution < -0.4 is 5.32 Å². The molecule has 0 bridgehead atoms. The molecule has 3 nitrogen and oxygen atoms in total. The SMILES string of the molecule is CC(NC(=O)C(C)N1CCCCCCC1)c1ccccc1. The van der Waals surface area contributed by atoms with Crippen molar-refractivity contribution in [2.45, 2.75) is 58.0 Å². The van der Waals surface area contributed by atoms with Crippen LogP contribution in [0.15, 0.2) is 30.3 Å². The number of carbonyl (C=O) groups excluding carboxylic acids is 1. The van der Waals surface area contributed by atoms with E-state index in [9.17, 15) is 4.79 Å². The van der Waals surface area contributed by atoms with Crippen LogP contribution >= 0.6 is 0 Å². The largest absolute Gasteiger partial charge is 0.348 e. The molecule has 21 heavy (non-hydrogen) atoms. The van der Waals surface area contributed by atoms with Crippen molar-refractivity contribution in [1.29, 1.82) is 0 Å². The van der Waals surface area contributed by atoms with Crippen LogP contribution in [0.4, 0.5) is 0 Å². The van der Waals surface area contributed by atoms with Gasteiger partial charge >= 0.3 is 0 Å². The molecule has 1 fully saturated rings. The molecule has 1 saturated heterocycles. The van der Waals surface area contributed by atoms with Crippen LogP contribution in [0.1, 0.15) is 57.6 Å². The molecule has 2 atom stereocenters. The number of hydrogen-bond acceptors (Lipinski definition) is 2. The standard InChI is InChI=1S/C18H28N2O/c1-15(17-11-7-6-8-12-17)19-18(21)16(2)20-13-9-4-3-5-10-14-20/h6-8,11-12,15-16H,3-5,9-10,13-14H2,1-2H3,(H,19,21). The number of nitrogens with zero attached hydrogens (tertiary/aromatic N) is 1. The minimum absolute atomic E-state index is 0.0331. The highest BCUT2D eigenvalue weighted by molar-refractivity contribution is 5.81. The molecular weight excluding hydrogens is 260 g/mol. The lowest BCUT2D eigenvalue weighted by atomic mass is 10.1. The van der Waals surface area contributed by atoms with Crippen molar-refractivity contribution in [3.05, 3.63) is 35.9 Å². The quantitative estimate of drug-likeness (QED) is 0.919. The Balaban J connectivity index is 1.89. The second-order valence-electron chi connectivity index (χ2n) is 6.12. The second-order valence-corrected chi connectivity index (χ2v) is 6.12. The maximum Gasteiger partial charge on any atom is 0.237 e. The number of carbonyl (C=O) groups is 1. The second kappa shape index (κ2) is 8.18. The Hall–Kier alpha value is -1.35. The topological polar surface area (TPSA) is 32.3 Å². The summed E-state index contributed by atoms with van der Waals surface area (Å²) >= 11 is 0. The molecule has 1 aliphatic heterocycles. The van der Waals surface area contributed by atoms with Crippen molar-refractivity contribution in [3.63, 3.8) is 0 Å². The number of benzene rings is 1. The molecule has 0 aromatic heterocycles. The maximum absolute atomic E-state index is 12.5. The highest BCUT2D eigenvalue weighted by atomic mass is 16.2. The van der Waals surface area contributed by atoms with E-state index in [-0.39, 0.29) is 18.0 Å². The lowest BCUT2D eigenvalue weighted by Gasteiger charge is -2.30. The molecule has 1 aromatic rings. The lowest BCUT2D eigenvalue weighted by Crippen LogP contribution is -2.46. The van der Waals surface area contributed by atoms with Crippen LogP contribution in [-0.4, -0.2) is 29.9 Å². The number of nitrogens with one attached hydrogen (secondary N) is 1. The first-order chi connectivity index (χ1) is 10.2. The summed E-state index contributed by atoms with van der Waals surface area (Å²) in [5, 5.41) is 3.15. The molecule has 1 N–H and O–H groups in total. The molecule has 0 aliphatic carbocycles. The van der Waals surface area contributed by atoms with E-state index in [0.717, 1.165) is 18.7 Å². The van der Waals surface area contributed by atoms with E-state index >= 15 is 0 Å². The van der Waals surface area contributed by atoms with Crippen molar-refractivity contribution in [3.8, 4) is 0 Å². The summed E-state index contributed by atoms with van der Waals surface area (Å²) in [5.74, 6) is 0.145. The first-order valence-electron chi connectivity index (χ1n) is 8.28. The highest BCUT2D eigenvalue weighted by Crippen LogP contribution is 2.15. The third-order valence-corrected chi connectivity index (χ3v) is 4.48. The fraction of sp³-hybridized carbons (Fsp3) is 0.611. The van der Waals surface area contributed by atoms with Crippen LogP contribution in [0.3, 0.4) is 0 Å². The Morgan fingerprint density at radius 3 is 2.19 bits per heavy atom. The summed E-state index contributed by atoms with van der Waals surface area (Å²) < 4.78 is 0. The van der Waals surface area contributed by atoms with Crippen molar-refractivity contribution in [1.82, 2.24) is 10.2 Å². The molecule has 1 heterocycles. The van der Waals surface area contributed by atoms with Gasteiger partial charge in [0.25, 0.3) is 0 Å². The zero-order valence-corrected chi connectivity index (χ0v) is 13.3. The molecule has 1 aliphatic rings. The Kier molecular flexibility index (Phi) is 6.24. The van der Waals surface area contributed by atoms with Gasteiger partial charge in [0.05, 0.1) is 12.1 Å². The smallest absolute Gasteiger partial charge is 0.237 e. The summed E-state index contributed by atoms with van der Waals surface area (Å²) in [6.45, 7) is 6.19. The molecule has 116 valence electrons. The molecule has 1 aromatic carbocycles. The van der Waals surface area contributed by atoms with Gasteiger partial charge < -0.3 is 5.32 Å². The Labute approximate surface area is 128 Å². The average Bonchev–Trinajstić information content (AvgIpc) is 2.47. The molecule has 0 radical (unpaired) electrons. The minimum atomic E-state index is -0.0331. The molecule has 3 heteroatoms. The van der Waals surface area contributed by atoms with Crippen molar-refractivity contribution < 1.29 is 4.79 Å². The Bertz CT molecular complexity index is 424. The number of likely N-dealkylation sites (tertiary alicyclic amines) is 1. The molecular formula is C18H28N2O. The molecule has 2 rings (SSSR count). The van der Waals surface area contributed by atoms with E-state index in [0.29, 0.717) is 0 Å². The van der Waals surface area contributed by atoms with Crippen LogP contribution in [0, 0.1) is 0 Å². The van der Waals surface area contributed by atoms with E-state index in [1.807, 2.05) is 32.0 Å². The van der Waals surface area contributed by atoms with Gasteiger partial charge in [-0.1, -0.05) is 49.6 Å². The van der Waals surface area contributed by atoms with Gasteiger partial charge in [0.1, 0.15) is 0 Å². The van der Waals surface area contributed by atoms with E-state index in [4.69, 9.17) is 0 Å². The van der Waals surface area contributed by atoms with Gasteiger partial charge in [-0.05, 0) is 45.3 Å². The summed E-state index contributed by atoms with van der Waals surface area (Å²) in [7, 11) is 0. The van der Waals surface area contributed by atoms with Gasteiger partial charge in [0.15, 0.2) is 0 Å². The van der Waals surface area contributed by atoms with Gasteiger partial charge in [-0.2, -0.15) is 0 Å². The lowest BCUT2D eigenvalue weighted by molar-refractivity contribution is -0.126. The van der Waals surface area contributed by atoms with Crippen molar-refractivity contribution in [2.24, 2.45) is 0 Å². The fourth-order valence-corrected chi connectivity index (χ4v) is 2.98. The summed E-state index contributed by atoms with van der Waals surface area (Å²) in [6, 6.07) is 10.2. The van der Waals surface area contributed by atoms with Crippen molar-refractivity contribution in [2.75, 3.05) is 13.1 Å². The van der Waals surface area contributed by atoms with E-state index in [1.165, 1.54) is 32.1 Å². The fourth-order valence-electron chi connectivity index (χ4n) is 2.98. The first-order valence-corrected chi connectivity index (χ1v) is 8.28. The van der Waals surface area contributed by atoms with Crippen LogP contribution in [-0.2, 0) is 4.79 Å². The van der Waals surface area contributed by atoms with Crippen LogP contribution in [0.5, 0.6) is 0 Å². The normalized spacial score (nSPS) is 20.1. The zero-order chi connectivity index (χ0) is 15.1. The van der Waals surface area contributed by atoms with Crippen LogP contribution in [0.2, 0.25) is 0 Å². The molecule has 0 saturated carbocycles. The van der Waals surface area contributed by atoms with Gasteiger partial charge in [-0.25, -0.2) is 0 Å². The molecule has 2 unspecified atom stereocenters. The van der Waals surface area contributed by atoms with E-state index in [2.05, 4.69) is 22.3 Å². The summed E-state index contributed by atoms with van der Waals surface area (Å²) in [4.78, 5) is 14.8. The van der Waals surface area contributed by atoms with Gasteiger partial charge in [0.2, 0.25) is 5.91 Å². The number of amides is 1.